The Hall–Kier alpha value is -1.01. The fourth-order valence-electron chi connectivity index (χ4n) is 1.41. The van der Waals surface area contributed by atoms with E-state index in [1.54, 1.807) is 11.8 Å². The zero-order valence-corrected chi connectivity index (χ0v) is 8.39. The molecule has 0 N–H and O–H groups in total. The number of carbonyl (C=O) groups is 1. The Morgan fingerprint density at radius 1 is 1.54 bits per heavy atom. The van der Waals surface area contributed by atoms with Gasteiger partial charge in [-0.15, -0.1) is 0 Å². The molecule has 1 fully saturated rings. The molecule has 0 aromatic heterocycles. The van der Waals surface area contributed by atoms with Gasteiger partial charge < -0.3 is 9.64 Å². The first-order valence-electron chi connectivity index (χ1n) is 4.40. The van der Waals surface area contributed by atoms with Crippen molar-refractivity contribution in [1.82, 2.24) is 4.90 Å². The SMILES string of the molecule is CC#CC(=O)N1CCOCC1(C)C. The van der Waals surface area contributed by atoms with Crippen LogP contribution in [-0.4, -0.2) is 36.1 Å². The molecule has 0 atom stereocenters. The van der Waals surface area contributed by atoms with Crippen LogP contribution in [0.25, 0.3) is 0 Å². The molecule has 0 spiro atoms. The molecule has 0 bridgehead atoms. The molecule has 3 nitrogen and oxygen atoms in total. The number of hydrogen-bond acceptors (Lipinski definition) is 2. The number of hydrogen-bond donors (Lipinski definition) is 0. The monoisotopic (exact) mass is 181 g/mol. The highest BCUT2D eigenvalue weighted by Gasteiger charge is 2.33. The Bertz CT molecular complexity index is 260. The van der Waals surface area contributed by atoms with Crippen LogP contribution >= 0.6 is 0 Å². The van der Waals surface area contributed by atoms with Gasteiger partial charge in [0.05, 0.1) is 18.8 Å². The highest BCUT2D eigenvalue weighted by Crippen LogP contribution is 2.18. The van der Waals surface area contributed by atoms with Crippen LogP contribution in [0.15, 0.2) is 0 Å². The molecule has 1 aliphatic heterocycles. The van der Waals surface area contributed by atoms with Crippen LogP contribution < -0.4 is 0 Å². The zero-order valence-electron chi connectivity index (χ0n) is 8.39. The van der Waals surface area contributed by atoms with Gasteiger partial charge in [-0.3, -0.25) is 4.79 Å². The first kappa shape index (κ1) is 10.1. The maximum absolute atomic E-state index is 11.5. The molecule has 0 aromatic rings. The average Bonchev–Trinajstić information content (AvgIpc) is 2.03. The standard InChI is InChI=1S/C10H15NO2/c1-4-5-9(12)11-6-7-13-8-10(11,2)3/h6-8H2,1-3H3. The van der Waals surface area contributed by atoms with Gasteiger partial charge in [-0.1, -0.05) is 5.92 Å². The summed E-state index contributed by atoms with van der Waals surface area (Å²) < 4.78 is 5.30. The minimum Gasteiger partial charge on any atom is -0.377 e. The van der Waals surface area contributed by atoms with Crippen LogP contribution in [0.4, 0.5) is 0 Å². The lowest BCUT2D eigenvalue weighted by Gasteiger charge is -2.40. The molecule has 72 valence electrons. The molecular formula is C10H15NO2. The number of nitrogens with zero attached hydrogens (tertiary/aromatic N) is 1. The summed E-state index contributed by atoms with van der Waals surface area (Å²) in [6, 6.07) is 0. The molecule has 0 unspecified atom stereocenters. The fourth-order valence-corrected chi connectivity index (χ4v) is 1.41. The first-order valence-corrected chi connectivity index (χ1v) is 4.40. The van der Waals surface area contributed by atoms with Crippen molar-refractivity contribution >= 4 is 5.91 Å². The van der Waals surface area contributed by atoms with Crippen LogP contribution in [-0.2, 0) is 9.53 Å². The summed E-state index contributed by atoms with van der Waals surface area (Å²) in [7, 11) is 0. The van der Waals surface area contributed by atoms with Crippen LogP contribution in [0.5, 0.6) is 0 Å². The first-order chi connectivity index (χ1) is 6.08. The third-order valence-electron chi connectivity index (χ3n) is 2.12. The number of rotatable bonds is 0. The zero-order chi connectivity index (χ0) is 9.90. The van der Waals surface area contributed by atoms with Crippen molar-refractivity contribution in [3.05, 3.63) is 0 Å². The topological polar surface area (TPSA) is 29.5 Å². The van der Waals surface area contributed by atoms with Gasteiger partial charge in [0, 0.05) is 6.54 Å². The van der Waals surface area contributed by atoms with Crippen molar-refractivity contribution in [3.63, 3.8) is 0 Å². The third-order valence-corrected chi connectivity index (χ3v) is 2.12. The minimum atomic E-state index is -0.223. The summed E-state index contributed by atoms with van der Waals surface area (Å²) in [5.74, 6) is 5.07. The van der Waals surface area contributed by atoms with E-state index in [9.17, 15) is 4.79 Å². The molecule has 0 saturated carbocycles. The second kappa shape index (κ2) is 3.80. The van der Waals surface area contributed by atoms with Crippen LogP contribution in [0, 0.1) is 11.8 Å². The van der Waals surface area contributed by atoms with E-state index in [0.717, 1.165) is 0 Å². The molecule has 3 heteroatoms. The quantitative estimate of drug-likeness (QED) is 0.513. The van der Waals surface area contributed by atoms with Gasteiger partial charge in [0.2, 0.25) is 0 Å². The summed E-state index contributed by atoms with van der Waals surface area (Å²) in [4.78, 5) is 13.3. The van der Waals surface area contributed by atoms with E-state index in [1.165, 1.54) is 0 Å². The lowest BCUT2D eigenvalue weighted by molar-refractivity contribution is -0.139. The number of carbonyl (C=O) groups excluding carboxylic acids is 1. The average molecular weight is 181 g/mol. The lowest BCUT2D eigenvalue weighted by atomic mass is 10.0. The highest BCUT2D eigenvalue weighted by atomic mass is 16.5. The molecule has 0 aromatic carbocycles. The smallest absolute Gasteiger partial charge is 0.299 e. The summed E-state index contributed by atoms with van der Waals surface area (Å²) in [5.41, 5.74) is -0.223. The molecule has 0 aliphatic carbocycles. The Balaban J connectivity index is 2.74. The molecule has 0 radical (unpaired) electrons. The molecule has 1 saturated heterocycles. The van der Waals surface area contributed by atoms with Crippen molar-refractivity contribution in [3.8, 4) is 11.8 Å². The van der Waals surface area contributed by atoms with Crippen molar-refractivity contribution in [2.45, 2.75) is 26.3 Å². The van der Waals surface area contributed by atoms with Gasteiger partial charge in [0.15, 0.2) is 0 Å². The molecule has 1 heterocycles. The van der Waals surface area contributed by atoms with E-state index >= 15 is 0 Å². The highest BCUT2D eigenvalue weighted by molar-refractivity contribution is 5.94. The second-order valence-corrected chi connectivity index (χ2v) is 3.70. The number of morpholine rings is 1. The minimum absolute atomic E-state index is 0.101. The van der Waals surface area contributed by atoms with E-state index < -0.39 is 0 Å². The van der Waals surface area contributed by atoms with Gasteiger partial charge in [-0.05, 0) is 26.7 Å². The molecule has 1 rings (SSSR count). The van der Waals surface area contributed by atoms with E-state index in [1.807, 2.05) is 13.8 Å². The van der Waals surface area contributed by atoms with Crippen LogP contribution in [0.3, 0.4) is 0 Å². The summed E-state index contributed by atoms with van der Waals surface area (Å²) in [6.45, 7) is 7.49. The Kier molecular flexibility index (Phi) is 2.94. The van der Waals surface area contributed by atoms with Gasteiger partial charge in [0.25, 0.3) is 5.91 Å². The Morgan fingerprint density at radius 3 is 2.77 bits per heavy atom. The van der Waals surface area contributed by atoms with Crippen molar-refractivity contribution in [1.29, 1.82) is 0 Å². The van der Waals surface area contributed by atoms with Crippen LogP contribution in [0.2, 0.25) is 0 Å². The van der Waals surface area contributed by atoms with Gasteiger partial charge in [-0.25, -0.2) is 0 Å². The number of amides is 1. The number of ether oxygens (including phenoxy) is 1. The fraction of sp³-hybridized carbons (Fsp3) is 0.700. The molecule has 1 amide bonds. The third kappa shape index (κ3) is 2.22. The Morgan fingerprint density at radius 2 is 2.23 bits per heavy atom. The van der Waals surface area contributed by atoms with Gasteiger partial charge >= 0.3 is 0 Å². The Labute approximate surface area is 79.1 Å². The lowest BCUT2D eigenvalue weighted by Crippen LogP contribution is -2.55. The largest absolute Gasteiger partial charge is 0.377 e. The normalized spacial score (nSPS) is 20.4. The van der Waals surface area contributed by atoms with Crippen molar-refractivity contribution in [2.24, 2.45) is 0 Å². The van der Waals surface area contributed by atoms with E-state index in [2.05, 4.69) is 11.8 Å². The van der Waals surface area contributed by atoms with Crippen molar-refractivity contribution in [2.75, 3.05) is 19.8 Å². The van der Waals surface area contributed by atoms with Crippen molar-refractivity contribution < 1.29 is 9.53 Å². The predicted molar refractivity (Wildman–Crippen MR) is 50.1 cm³/mol. The molecular weight excluding hydrogens is 166 g/mol. The maximum Gasteiger partial charge on any atom is 0.299 e. The maximum atomic E-state index is 11.5. The van der Waals surface area contributed by atoms with E-state index in [4.69, 9.17) is 4.74 Å². The molecule has 1 aliphatic rings. The van der Waals surface area contributed by atoms with Crippen LogP contribution in [0.1, 0.15) is 20.8 Å². The summed E-state index contributed by atoms with van der Waals surface area (Å²) >= 11 is 0. The predicted octanol–water partition coefficient (Wildman–Crippen LogP) is 0.647. The van der Waals surface area contributed by atoms with E-state index in [0.29, 0.717) is 19.8 Å². The second-order valence-electron chi connectivity index (χ2n) is 3.70. The van der Waals surface area contributed by atoms with Gasteiger partial charge in [-0.2, -0.15) is 0 Å². The molecule has 13 heavy (non-hydrogen) atoms. The summed E-state index contributed by atoms with van der Waals surface area (Å²) in [5, 5.41) is 0. The van der Waals surface area contributed by atoms with E-state index in [-0.39, 0.29) is 11.4 Å². The van der Waals surface area contributed by atoms with Gasteiger partial charge in [0.1, 0.15) is 0 Å². The summed E-state index contributed by atoms with van der Waals surface area (Å²) in [6.07, 6.45) is 0.